The monoisotopic (exact) mass is 681 g/mol. The zero-order valence-electron chi connectivity index (χ0n) is 29.3. The van der Waals surface area contributed by atoms with E-state index in [1.165, 1.54) is 27.4 Å². The number of ether oxygens (including phenoxy) is 1. The lowest BCUT2D eigenvalue weighted by Crippen LogP contribution is -2.65. The molecule has 0 saturated carbocycles. The maximum atomic E-state index is 14.3. The second kappa shape index (κ2) is 15.1. The van der Waals surface area contributed by atoms with Crippen molar-refractivity contribution in [2.75, 3.05) is 26.3 Å². The molecule has 2 saturated heterocycles. The van der Waals surface area contributed by atoms with Gasteiger partial charge in [0.05, 0.1) is 23.0 Å². The van der Waals surface area contributed by atoms with Crippen LogP contribution in [0.3, 0.4) is 0 Å². The maximum absolute atomic E-state index is 14.3. The number of amides is 3. The highest BCUT2D eigenvalue weighted by Crippen LogP contribution is 2.38. The Morgan fingerprint density at radius 3 is 2.52 bits per heavy atom. The molecule has 48 heavy (non-hydrogen) atoms. The molecule has 11 nitrogen and oxygen atoms in total. The number of aromatic nitrogens is 1. The molecule has 3 aliphatic rings. The largest absolute Gasteiger partial charge is 0.493 e. The Labute approximate surface area is 288 Å². The first-order valence-corrected chi connectivity index (χ1v) is 18.0. The second-order valence-electron chi connectivity index (χ2n) is 14.9. The van der Waals surface area contributed by atoms with Gasteiger partial charge in [-0.05, 0) is 69.1 Å². The molecule has 5 rings (SSSR count). The molecular formula is C36H51N5O6S. The van der Waals surface area contributed by atoms with Gasteiger partial charge in [-0.15, -0.1) is 11.3 Å². The lowest BCUT2D eigenvalue weighted by Gasteiger charge is -2.50. The Balaban J connectivity index is 1.47. The summed E-state index contributed by atoms with van der Waals surface area (Å²) in [4.78, 5) is 59.0. The third-order valence-electron chi connectivity index (χ3n) is 8.94. The highest BCUT2D eigenvalue weighted by atomic mass is 32.1. The SMILES string of the molecule is CC(C)C[C@H]1ON(C(=O)/C=C/c2nc3cc(OCCCO)ccc3s2)C2=CN(C3CCN(C(C)C)CC3)C(=O)[C@H](CC(C)(C)C)N2C1=O. The van der Waals surface area contributed by atoms with Gasteiger partial charge in [0.25, 0.3) is 11.8 Å². The number of likely N-dealkylation sites (tertiary alicyclic amines) is 1. The third-order valence-corrected chi connectivity index (χ3v) is 9.94. The smallest absolute Gasteiger partial charge is 0.276 e. The summed E-state index contributed by atoms with van der Waals surface area (Å²) in [5.74, 6) is 0.220. The van der Waals surface area contributed by atoms with Crippen LogP contribution < -0.4 is 4.74 Å². The van der Waals surface area contributed by atoms with Crippen molar-refractivity contribution < 1.29 is 29.1 Å². The first-order chi connectivity index (χ1) is 22.8. The van der Waals surface area contributed by atoms with Gasteiger partial charge < -0.3 is 19.6 Å². The summed E-state index contributed by atoms with van der Waals surface area (Å²) in [5.41, 5.74) is 0.488. The minimum atomic E-state index is -0.901. The van der Waals surface area contributed by atoms with E-state index < -0.39 is 18.1 Å². The van der Waals surface area contributed by atoms with Gasteiger partial charge >= 0.3 is 0 Å². The molecule has 1 N–H and O–H groups in total. The van der Waals surface area contributed by atoms with Gasteiger partial charge in [-0.25, -0.2) is 4.98 Å². The van der Waals surface area contributed by atoms with Gasteiger partial charge in [-0.2, -0.15) is 5.06 Å². The zero-order valence-corrected chi connectivity index (χ0v) is 30.2. The Bertz CT molecular complexity index is 1540. The number of aliphatic hydroxyl groups excluding tert-OH is 1. The number of hydrogen-bond acceptors (Lipinski definition) is 9. The number of hydrogen-bond donors (Lipinski definition) is 1. The van der Waals surface area contributed by atoms with Gasteiger partial charge in [0, 0.05) is 50.3 Å². The number of fused-ring (bicyclic) bond motifs is 2. The van der Waals surface area contributed by atoms with Crippen LogP contribution in [0.25, 0.3) is 16.3 Å². The summed E-state index contributed by atoms with van der Waals surface area (Å²) in [6, 6.07) is 5.26. The number of aliphatic hydroxyl groups is 1. The van der Waals surface area contributed by atoms with E-state index in [-0.39, 0.29) is 41.6 Å². The van der Waals surface area contributed by atoms with Gasteiger partial charge in [-0.3, -0.25) is 24.1 Å². The molecule has 2 atom stereocenters. The molecular weight excluding hydrogens is 630 g/mol. The first kappa shape index (κ1) is 36.0. The normalized spacial score (nSPS) is 21.6. The van der Waals surface area contributed by atoms with Gasteiger partial charge in [0.15, 0.2) is 11.9 Å². The molecule has 3 aliphatic heterocycles. The number of thiazole rings is 1. The quantitative estimate of drug-likeness (QED) is 0.248. The van der Waals surface area contributed by atoms with Gasteiger partial charge in [-0.1, -0.05) is 34.6 Å². The van der Waals surface area contributed by atoms with Crippen molar-refractivity contribution in [3.63, 3.8) is 0 Å². The van der Waals surface area contributed by atoms with Crippen molar-refractivity contribution in [3.8, 4) is 5.75 Å². The summed E-state index contributed by atoms with van der Waals surface area (Å²) in [6.45, 7) is 16.8. The minimum absolute atomic E-state index is 0.0409. The van der Waals surface area contributed by atoms with E-state index in [1.54, 1.807) is 17.2 Å². The van der Waals surface area contributed by atoms with Crippen molar-refractivity contribution >= 4 is 45.4 Å². The molecule has 0 spiro atoms. The fraction of sp³-hybridized carbons (Fsp3) is 0.611. The topological polar surface area (TPSA) is 116 Å². The molecule has 2 fully saturated rings. The number of rotatable bonds is 11. The molecule has 3 amide bonds. The Hall–Kier alpha value is -3.32. The van der Waals surface area contributed by atoms with Crippen LogP contribution in [0.5, 0.6) is 5.75 Å². The van der Waals surface area contributed by atoms with Gasteiger partial charge in [0.2, 0.25) is 5.91 Å². The fourth-order valence-corrected chi connectivity index (χ4v) is 7.35. The van der Waals surface area contributed by atoms with E-state index in [4.69, 9.17) is 14.7 Å². The Kier molecular flexibility index (Phi) is 11.3. The molecule has 0 bridgehead atoms. The van der Waals surface area contributed by atoms with E-state index >= 15 is 0 Å². The van der Waals surface area contributed by atoms with Crippen LogP contribution in [0.15, 0.2) is 36.3 Å². The molecule has 12 heteroatoms. The van der Waals surface area contributed by atoms with Crippen LogP contribution in [-0.4, -0.2) is 98.1 Å². The van der Waals surface area contributed by atoms with Crippen LogP contribution >= 0.6 is 11.3 Å². The molecule has 0 aliphatic carbocycles. The predicted molar refractivity (Wildman–Crippen MR) is 186 cm³/mol. The number of nitrogens with zero attached hydrogens (tertiary/aromatic N) is 5. The number of benzene rings is 1. The zero-order chi connectivity index (χ0) is 34.7. The average Bonchev–Trinajstić information content (AvgIpc) is 3.44. The number of piperidine rings is 1. The molecule has 1 aromatic carbocycles. The third kappa shape index (κ3) is 8.27. The van der Waals surface area contributed by atoms with Crippen LogP contribution in [0.2, 0.25) is 0 Å². The lowest BCUT2D eigenvalue weighted by molar-refractivity contribution is -0.226. The molecule has 0 unspecified atom stereocenters. The lowest BCUT2D eigenvalue weighted by atomic mass is 9.85. The summed E-state index contributed by atoms with van der Waals surface area (Å²) in [6.07, 6.45) is 6.84. The second-order valence-corrected chi connectivity index (χ2v) is 15.9. The van der Waals surface area contributed by atoms with E-state index in [2.05, 4.69) is 44.5 Å². The summed E-state index contributed by atoms with van der Waals surface area (Å²) in [5, 5.41) is 10.9. The van der Waals surface area contributed by atoms with E-state index in [9.17, 15) is 14.4 Å². The molecule has 2 aromatic rings. The molecule has 4 heterocycles. The highest BCUT2D eigenvalue weighted by molar-refractivity contribution is 7.19. The van der Waals surface area contributed by atoms with E-state index in [0.29, 0.717) is 42.7 Å². The molecule has 1 aromatic heterocycles. The van der Waals surface area contributed by atoms with Gasteiger partial charge in [0.1, 0.15) is 16.8 Å². The number of carbonyl (C=O) groups excluding carboxylic acids is 3. The van der Waals surface area contributed by atoms with Crippen LogP contribution in [-0.2, 0) is 19.2 Å². The van der Waals surface area contributed by atoms with Crippen LogP contribution in [0, 0.1) is 11.3 Å². The van der Waals surface area contributed by atoms with Crippen molar-refractivity contribution in [1.29, 1.82) is 0 Å². The number of hydroxylamine groups is 2. The van der Waals surface area contributed by atoms with Crippen molar-refractivity contribution in [2.45, 2.75) is 105 Å². The van der Waals surface area contributed by atoms with Crippen LogP contribution in [0.4, 0.5) is 0 Å². The first-order valence-electron chi connectivity index (χ1n) is 17.2. The van der Waals surface area contributed by atoms with E-state index in [0.717, 1.165) is 36.1 Å². The Morgan fingerprint density at radius 1 is 1.15 bits per heavy atom. The highest BCUT2D eigenvalue weighted by Gasteiger charge is 2.51. The predicted octanol–water partition coefficient (Wildman–Crippen LogP) is 5.41. The van der Waals surface area contributed by atoms with Crippen LogP contribution in [0.1, 0.15) is 85.6 Å². The fourth-order valence-electron chi connectivity index (χ4n) is 6.50. The summed E-state index contributed by atoms with van der Waals surface area (Å²) < 4.78 is 6.63. The van der Waals surface area contributed by atoms with Crippen molar-refractivity contribution in [3.05, 3.63) is 41.3 Å². The average molecular weight is 682 g/mol. The standard InChI is InChI=1S/C36H51N5O6S/c1-23(2)19-29-35(45)40-28(21-36(5,6)7)34(44)39(25-13-15-38(16-14-25)24(3)4)22-32(40)41(47-29)33(43)12-11-31-37-27-20-26(46-18-8-17-42)9-10-30(27)48-31/h9-12,20,22-25,28-29,42H,8,13-19,21H2,1-7H3/b12-11+/t28-,29+/m0/s1. The van der Waals surface area contributed by atoms with E-state index in [1.807, 2.05) is 32.0 Å². The van der Waals surface area contributed by atoms with Crippen molar-refractivity contribution in [2.24, 2.45) is 11.3 Å². The molecule has 0 radical (unpaired) electrons. The summed E-state index contributed by atoms with van der Waals surface area (Å²) >= 11 is 1.44. The molecule has 262 valence electrons. The summed E-state index contributed by atoms with van der Waals surface area (Å²) in [7, 11) is 0. The maximum Gasteiger partial charge on any atom is 0.276 e. The van der Waals surface area contributed by atoms with Crippen molar-refractivity contribution in [1.82, 2.24) is 24.7 Å². The minimum Gasteiger partial charge on any atom is -0.493 e. The number of carbonyl (C=O) groups is 3. The Morgan fingerprint density at radius 2 is 1.88 bits per heavy atom.